The van der Waals surface area contributed by atoms with Crippen molar-refractivity contribution in [1.82, 2.24) is 14.4 Å². The molecule has 7 nitrogen and oxygen atoms in total. The Labute approximate surface area is 160 Å². The molecule has 3 fully saturated rings. The summed E-state index contributed by atoms with van der Waals surface area (Å²) in [5.41, 5.74) is -0.120. The lowest BCUT2D eigenvalue weighted by molar-refractivity contribution is -0.130. The van der Waals surface area contributed by atoms with Gasteiger partial charge in [-0.05, 0) is 54.5 Å². The van der Waals surface area contributed by atoms with Crippen LogP contribution in [0.5, 0.6) is 5.75 Å². The number of halogens is 1. The average Bonchev–Trinajstić information content (AvgIpc) is 3.18. The minimum Gasteiger partial charge on any atom is -0.489 e. The molecular formula is C18H22BrN3O4. The van der Waals surface area contributed by atoms with Gasteiger partial charge in [0.25, 0.3) is 11.5 Å². The maximum Gasteiger partial charge on any atom is 0.327 e. The van der Waals surface area contributed by atoms with Gasteiger partial charge in [0.15, 0.2) is 0 Å². The molecule has 3 amide bonds. The number of rotatable bonds is 3. The molecule has 0 radical (unpaired) electrons. The molecule has 0 aromatic carbocycles. The van der Waals surface area contributed by atoms with E-state index in [4.69, 9.17) is 4.74 Å². The van der Waals surface area contributed by atoms with Gasteiger partial charge in [-0.3, -0.25) is 14.5 Å². The molecule has 1 aliphatic carbocycles. The molecule has 4 rings (SSSR count). The number of pyridine rings is 1. The van der Waals surface area contributed by atoms with Gasteiger partial charge in [-0.15, -0.1) is 0 Å². The molecule has 0 N–H and O–H groups in total. The van der Waals surface area contributed by atoms with E-state index in [0.717, 1.165) is 43.0 Å². The van der Waals surface area contributed by atoms with Crippen LogP contribution in [0.4, 0.5) is 4.79 Å². The highest BCUT2D eigenvalue weighted by Crippen LogP contribution is 2.34. The maximum absolute atomic E-state index is 12.6. The summed E-state index contributed by atoms with van der Waals surface area (Å²) in [6.07, 6.45) is 6.39. The lowest BCUT2D eigenvalue weighted by atomic mass is 9.91. The largest absolute Gasteiger partial charge is 0.489 e. The van der Waals surface area contributed by atoms with Crippen LogP contribution in [0.15, 0.2) is 21.5 Å². The zero-order valence-electron chi connectivity index (χ0n) is 14.7. The minimum absolute atomic E-state index is 0.0118. The number of fused-ring (bicyclic) bond motifs is 1. The van der Waals surface area contributed by atoms with Crippen molar-refractivity contribution in [3.8, 4) is 5.75 Å². The first-order valence-corrected chi connectivity index (χ1v) is 9.91. The van der Waals surface area contributed by atoms with Crippen molar-refractivity contribution in [3.63, 3.8) is 0 Å². The zero-order valence-corrected chi connectivity index (χ0v) is 16.3. The standard InChI is InChI=1S/C18H22BrN3O4/c1-20-10-13(19)15(9-16(20)23)26-12-6-4-11(5-7-12)22-17(24)14-3-2-8-21(14)18(22)25/h9-12,14H,2-8H2,1H3/t11-,12-,14-/m1/s1. The fourth-order valence-electron chi connectivity index (χ4n) is 4.25. The molecule has 140 valence electrons. The molecule has 0 unspecified atom stereocenters. The topological polar surface area (TPSA) is 71.8 Å². The molecule has 0 spiro atoms. The van der Waals surface area contributed by atoms with Crippen LogP contribution in [0.25, 0.3) is 0 Å². The van der Waals surface area contributed by atoms with Gasteiger partial charge in [0.2, 0.25) is 0 Å². The number of carbonyl (C=O) groups excluding carboxylic acids is 2. The summed E-state index contributed by atoms with van der Waals surface area (Å²) in [5, 5.41) is 0. The Hall–Kier alpha value is -1.83. The fourth-order valence-corrected chi connectivity index (χ4v) is 4.77. The summed E-state index contributed by atoms with van der Waals surface area (Å²) in [7, 11) is 1.69. The fraction of sp³-hybridized carbons (Fsp3) is 0.611. The Bertz CT molecular complexity index is 778. The molecular weight excluding hydrogens is 402 g/mol. The number of hydrogen-bond donors (Lipinski definition) is 0. The first-order valence-electron chi connectivity index (χ1n) is 9.12. The van der Waals surface area contributed by atoms with E-state index in [2.05, 4.69) is 15.9 Å². The van der Waals surface area contributed by atoms with Crippen LogP contribution in [0, 0.1) is 0 Å². The van der Waals surface area contributed by atoms with E-state index in [1.807, 2.05) is 0 Å². The van der Waals surface area contributed by atoms with Crippen LogP contribution in [-0.4, -0.2) is 51.0 Å². The van der Waals surface area contributed by atoms with Gasteiger partial charge in [0.05, 0.1) is 10.6 Å². The summed E-state index contributed by atoms with van der Waals surface area (Å²) in [6, 6.07) is 1.11. The molecule has 1 aromatic rings. The van der Waals surface area contributed by atoms with E-state index in [9.17, 15) is 14.4 Å². The molecule has 3 aliphatic rings. The van der Waals surface area contributed by atoms with Gasteiger partial charge in [-0.25, -0.2) is 4.79 Å². The predicted molar refractivity (Wildman–Crippen MR) is 98.0 cm³/mol. The van der Waals surface area contributed by atoms with Crippen LogP contribution in [0.1, 0.15) is 38.5 Å². The second-order valence-corrected chi connectivity index (χ2v) is 8.18. The highest BCUT2D eigenvalue weighted by molar-refractivity contribution is 9.10. The molecule has 1 atom stereocenters. The van der Waals surface area contributed by atoms with Gasteiger partial charge in [-0.1, -0.05) is 0 Å². The number of nitrogens with zero attached hydrogens (tertiary/aromatic N) is 3. The van der Waals surface area contributed by atoms with Gasteiger partial charge in [-0.2, -0.15) is 0 Å². The van der Waals surface area contributed by atoms with Crippen LogP contribution >= 0.6 is 15.9 Å². The summed E-state index contributed by atoms with van der Waals surface area (Å²) in [5.74, 6) is 0.525. The van der Waals surface area contributed by atoms with Crippen molar-refractivity contribution >= 4 is 27.9 Å². The third kappa shape index (κ3) is 2.94. The first kappa shape index (κ1) is 17.6. The van der Waals surface area contributed by atoms with E-state index in [1.165, 1.54) is 15.5 Å². The SMILES string of the molecule is Cn1cc(Br)c(O[C@H]2CC[C@H](N3C(=O)[C@H]4CCCN4C3=O)CC2)cc1=O. The Balaban J connectivity index is 1.39. The minimum atomic E-state index is -0.229. The lowest BCUT2D eigenvalue weighted by Crippen LogP contribution is -2.44. The quantitative estimate of drug-likeness (QED) is 0.698. The monoisotopic (exact) mass is 423 g/mol. The second kappa shape index (κ2) is 6.72. The lowest BCUT2D eigenvalue weighted by Gasteiger charge is -2.33. The average molecular weight is 424 g/mol. The van der Waals surface area contributed by atoms with E-state index in [1.54, 1.807) is 18.1 Å². The van der Waals surface area contributed by atoms with E-state index >= 15 is 0 Å². The molecule has 2 aliphatic heterocycles. The summed E-state index contributed by atoms with van der Waals surface area (Å²) < 4.78 is 8.24. The summed E-state index contributed by atoms with van der Waals surface area (Å²) >= 11 is 3.43. The second-order valence-electron chi connectivity index (χ2n) is 7.33. The van der Waals surface area contributed by atoms with Crippen molar-refractivity contribution < 1.29 is 14.3 Å². The third-order valence-electron chi connectivity index (χ3n) is 5.67. The van der Waals surface area contributed by atoms with E-state index < -0.39 is 0 Å². The van der Waals surface area contributed by atoms with Crippen molar-refractivity contribution in [2.45, 2.75) is 56.7 Å². The maximum atomic E-state index is 12.6. The van der Waals surface area contributed by atoms with E-state index in [-0.39, 0.29) is 35.7 Å². The number of imide groups is 1. The highest BCUT2D eigenvalue weighted by atomic mass is 79.9. The van der Waals surface area contributed by atoms with Crippen LogP contribution < -0.4 is 10.3 Å². The van der Waals surface area contributed by atoms with Crippen LogP contribution in [0.2, 0.25) is 0 Å². The van der Waals surface area contributed by atoms with Gasteiger partial charge >= 0.3 is 6.03 Å². The van der Waals surface area contributed by atoms with Crippen molar-refractivity contribution in [2.24, 2.45) is 7.05 Å². The Morgan fingerprint density at radius 2 is 1.85 bits per heavy atom. The van der Waals surface area contributed by atoms with Gasteiger partial charge in [0.1, 0.15) is 11.8 Å². The number of amides is 3. The molecule has 1 aromatic heterocycles. The molecule has 1 saturated carbocycles. The molecule has 3 heterocycles. The molecule has 2 saturated heterocycles. The Morgan fingerprint density at radius 1 is 1.12 bits per heavy atom. The predicted octanol–water partition coefficient (Wildman–Crippen LogP) is 2.26. The number of carbonyl (C=O) groups is 2. The molecule has 0 bridgehead atoms. The number of aromatic nitrogens is 1. The normalized spacial score (nSPS) is 28.6. The number of aryl methyl sites for hydroxylation is 1. The molecule has 8 heteroatoms. The number of urea groups is 1. The first-order chi connectivity index (χ1) is 12.5. The highest BCUT2D eigenvalue weighted by Gasteiger charge is 2.50. The van der Waals surface area contributed by atoms with Crippen molar-refractivity contribution in [1.29, 1.82) is 0 Å². The smallest absolute Gasteiger partial charge is 0.327 e. The van der Waals surface area contributed by atoms with Crippen LogP contribution in [-0.2, 0) is 11.8 Å². The number of hydrogen-bond acceptors (Lipinski definition) is 4. The van der Waals surface area contributed by atoms with E-state index in [0.29, 0.717) is 12.3 Å². The van der Waals surface area contributed by atoms with Gasteiger partial charge in [0, 0.05) is 31.9 Å². The Morgan fingerprint density at radius 3 is 2.54 bits per heavy atom. The number of ether oxygens (including phenoxy) is 1. The zero-order chi connectivity index (χ0) is 18.4. The van der Waals surface area contributed by atoms with Crippen molar-refractivity contribution in [2.75, 3.05) is 6.54 Å². The van der Waals surface area contributed by atoms with Crippen LogP contribution in [0.3, 0.4) is 0 Å². The third-order valence-corrected chi connectivity index (χ3v) is 6.27. The summed E-state index contributed by atoms with van der Waals surface area (Å²) in [6.45, 7) is 0.696. The summed E-state index contributed by atoms with van der Waals surface area (Å²) in [4.78, 5) is 40.1. The van der Waals surface area contributed by atoms with Gasteiger partial charge < -0.3 is 14.2 Å². The van der Waals surface area contributed by atoms with Crippen molar-refractivity contribution in [3.05, 3.63) is 27.1 Å². The Kier molecular flexibility index (Phi) is 4.54. The molecule has 26 heavy (non-hydrogen) atoms.